The first-order chi connectivity index (χ1) is 16.7. The minimum absolute atomic E-state index is 0.293. The maximum atomic E-state index is 13.5. The van der Waals surface area contributed by atoms with Gasteiger partial charge in [-0.05, 0) is 47.5 Å². The van der Waals surface area contributed by atoms with E-state index < -0.39 is 0 Å². The number of pyridine rings is 1. The van der Waals surface area contributed by atoms with Gasteiger partial charge in [0.05, 0.1) is 17.4 Å². The molecule has 0 radical (unpaired) electrons. The molecule has 0 aliphatic rings. The molecule has 0 atom stereocenters. The van der Waals surface area contributed by atoms with Crippen molar-refractivity contribution < 1.29 is 13.9 Å². The Morgan fingerprint density at radius 1 is 0.882 bits per heavy atom. The number of ether oxygens (including phenoxy) is 1. The van der Waals surface area contributed by atoms with Crippen LogP contribution in [0.4, 0.5) is 15.9 Å². The number of anilines is 2. The van der Waals surface area contributed by atoms with Crippen LogP contribution in [0.3, 0.4) is 0 Å². The van der Waals surface area contributed by atoms with Gasteiger partial charge < -0.3 is 9.30 Å². The summed E-state index contributed by atoms with van der Waals surface area (Å²) in [6.45, 7) is 0.771. The van der Waals surface area contributed by atoms with Crippen molar-refractivity contribution in [3.05, 3.63) is 120 Å². The Morgan fingerprint density at radius 3 is 2.38 bits per heavy atom. The minimum atomic E-state index is -0.293. The highest BCUT2D eigenvalue weighted by atomic mass is 19.1. The van der Waals surface area contributed by atoms with E-state index in [4.69, 9.17) is 4.74 Å². The smallest absolute Gasteiger partial charge is 0.220 e. The normalized spacial score (nSPS) is 10.9. The molecule has 1 amide bonds. The quantitative estimate of drug-likeness (QED) is 0.268. The van der Waals surface area contributed by atoms with E-state index in [1.165, 1.54) is 17.0 Å². The van der Waals surface area contributed by atoms with Gasteiger partial charge in [-0.2, -0.15) is 0 Å². The van der Waals surface area contributed by atoms with Crippen LogP contribution in [0, 0.1) is 5.82 Å². The summed E-state index contributed by atoms with van der Waals surface area (Å²) in [5.41, 5.74) is 3.43. The van der Waals surface area contributed by atoms with Gasteiger partial charge in [-0.15, -0.1) is 0 Å². The number of carbonyl (C=O) groups excluding carboxylic acids is 1. The summed E-state index contributed by atoms with van der Waals surface area (Å²) in [6, 6.07) is 27.7. The number of rotatable bonds is 8. The number of carbonyl (C=O) groups is 1. The standard InChI is InChI=1S/C28H22FN3O2/c29-23-14-12-21(13-15-23)18-31-26-11-5-4-10-25(26)27(34-19-22-7-2-1-3-8-22)28(31)32(20-33)24-9-6-16-30-17-24/h1-17,20H,18-19H2. The predicted molar refractivity (Wildman–Crippen MR) is 131 cm³/mol. The maximum Gasteiger partial charge on any atom is 0.220 e. The minimum Gasteiger partial charge on any atom is -0.484 e. The molecule has 0 aliphatic heterocycles. The van der Waals surface area contributed by atoms with Crippen LogP contribution in [-0.4, -0.2) is 16.0 Å². The van der Waals surface area contributed by atoms with Gasteiger partial charge in [0.25, 0.3) is 0 Å². The number of hydrogen-bond acceptors (Lipinski definition) is 3. The topological polar surface area (TPSA) is 47.4 Å². The number of benzene rings is 3. The average molecular weight is 452 g/mol. The van der Waals surface area contributed by atoms with E-state index >= 15 is 0 Å². The molecule has 5 aromatic rings. The summed E-state index contributed by atoms with van der Waals surface area (Å²) >= 11 is 0. The van der Waals surface area contributed by atoms with E-state index in [0.717, 1.165) is 28.4 Å². The van der Waals surface area contributed by atoms with Crippen molar-refractivity contribution in [3.63, 3.8) is 0 Å². The van der Waals surface area contributed by atoms with Gasteiger partial charge in [-0.25, -0.2) is 4.39 Å². The van der Waals surface area contributed by atoms with Gasteiger partial charge in [0.1, 0.15) is 12.4 Å². The van der Waals surface area contributed by atoms with E-state index in [-0.39, 0.29) is 5.82 Å². The SMILES string of the molecule is O=CN(c1cccnc1)c1c(OCc2ccccc2)c2ccccc2n1Cc1ccc(F)cc1. The van der Waals surface area contributed by atoms with Gasteiger partial charge in [-0.1, -0.05) is 54.6 Å². The Labute approximate surface area is 196 Å². The zero-order valence-electron chi connectivity index (χ0n) is 18.3. The molecule has 0 unspecified atom stereocenters. The molecular weight excluding hydrogens is 429 g/mol. The summed E-state index contributed by atoms with van der Waals surface area (Å²) in [7, 11) is 0. The number of amides is 1. The van der Waals surface area contributed by atoms with Crippen molar-refractivity contribution in [1.29, 1.82) is 0 Å². The molecule has 6 heteroatoms. The van der Waals surface area contributed by atoms with Crippen LogP contribution >= 0.6 is 0 Å². The van der Waals surface area contributed by atoms with Crippen LogP contribution < -0.4 is 9.64 Å². The number of hydrogen-bond donors (Lipinski definition) is 0. The lowest BCUT2D eigenvalue weighted by Gasteiger charge is -2.22. The van der Waals surface area contributed by atoms with Gasteiger partial charge in [0.2, 0.25) is 6.41 Å². The average Bonchev–Trinajstić information content (AvgIpc) is 3.19. The van der Waals surface area contributed by atoms with E-state index in [1.54, 1.807) is 30.6 Å². The highest BCUT2D eigenvalue weighted by Crippen LogP contribution is 2.42. The number of aromatic nitrogens is 2. The molecule has 168 valence electrons. The zero-order chi connectivity index (χ0) is 23.3. The highest BCUT2D eigenvalue weighted by Gasteiger charge is 2.25. The number of para-hydroxylation sites is 1. The van der Waals surface area contributed by atoms with Gasteiger partial charge in [-0.3, -0.25) is 14.7 Å². The molecule has 0 saturated carbocycles. The number of fused-ring (bicyclic) bond motifs is 1. The second-order valence-electron chi connectivity index (χ2n) is 7.84. The third kappa shape index (κ3) is 4.26. The summed E-state index contributed by atoms with van der Waals surface area (Å²) in [6.07, 6.45) is 4.06. The fourth-order valence-corrected chi connectivity index (χ4v) is 4.03. The maximum absolute atomic E-state index is 13.5. The summed E-state index contributed by atoms with van der Waals surface area (Å²) in [5.74, 6) is 0.889. The molecule has 0 aliphatic carbocycles. The van der Waals surface area contributed by atoms with Gasteiger partial charge in [0.15, 0.2) is 11.6 Å². The molecule has 0 saturated heterocycles. The lowest BCUT2D eigenvalue weighted by atomic mass is 10.2. The highest BCUT2D eigenvalue weighted by molar-refractivity contribution is 5.99. The molecule has 0 N–H and O–H groups in total. The number of nitrogens with zero attached hydrogens (tertiary/aromatic N) is 3. The largest absolute Gasteiger partial charge is 0.484 e. The molecule has 5 rings (SSSR count). The van der Waals surface area contributed by atoms with Crippen LogP contribution in [0.25, 0.3) is 10.9 Å². The summed E-state index contributed by atoms with van der Waals surface area (Å²) in [4.78, 5) is 18.2. The Morgan fingerprint density at radius 2 is 1.65 bits per heavy atom. The second-order valence-corrected chi connectivity index (χ2v) is 7.84. The molecule has 34 heavy (non-hydrogen) atoms. The fourth-order valence-electron chi connectivity index (χ4n) is 4.03. The lowest BCUT2D eigenvalue weighted by molar-refractivity contribution is -0.106. The van der Waals surface area contributed by atoms with Crippen molar-refractivity contribution in [1.82, 2.24) is 9.55 Å². The number of halogens is 1. The Balaban J connectivity index is 1.68. The molecule has 5 nitrogen and oxygen atoms in total. The van der Waals surface area contributed by atoms with Crippen LogP contribution in [0.15, 0.2) is 103 Å². The van der Waals surface area contributed by atoms with Crippen LogP contribution in [-0.2, 0) is 17.9 Å². The van der Waals surface area contributed by atoms with E-state index in [0.29, 0.717) is 30.4 Å². The first-order valence-corrected chi connectivity index (χ1v) is 10.9. The first kappa shape index (κ1) is 21.4. The van der Waals surface area contributed by atoms with Crippen LogP contribution in [0.5, 0.6) is 5.75 Å². The van der Waals surface area contributed by atoms with Crippen LogP contribution in [0.1, 0.15) is 11.1 Å². The lowest BCUT2D eigenvalue weighted by Crippen LogP contribution is -2.19. The third-order valence-electron chi connectivity index (χ3n) is 5.64. The van der Waals surface area contributed by atoms with Crippen molar-refractivity contribution in [2.45, 2.75) is 13.2 Å². The molecule has 2 aromatic heterocycles. The molecule has 0 spiro atoms. The van der Waals surface area contributed by atoms with E-state index in [1.807, 2.05) is 65.2 Å². The summed E-state index contributed by atoms with van der Waals surface area (Å²) < 4.78 is 21.9. The Kier molecular flexibility index (Phi) is 6.03. The van der Waals surface area contributed by atoms with Crippen molar-refractivity contribution in [2.24, 2.45) is 0 Å². The first-order valence-electron chi connectivity index (χ1n) is 10.9. The predicted octanol–water partition coefficient (Wildman–Crippen LogP) is 6.10. The molecule has 2 heterocycles. The molecule has 0 fully saturated rings. The van der Waals surface area contributed by atoms with Crippen molar-refractivity contribution in [2.75, 3.05) is 4.90 Å². The van der Waals surface area contributed by atoms with Crippen molar-refractivity contribution >= 4 is 28.8 Å². The zero-order valence-corrected chi connectivity index (χ0v) is 18.3. The van der Waals surface area contributed by atoms with E-state index in [2.05, 4.69) is 4.98 Å². The fraction of sp³-hybridized carbons (Fsp3) is 0.0714. The van der Waals surface area contributed by atoms with Gasteiger partial charge >= 0.3 is 0 Å². The summed E-state index contributed by atoms with van der Waals surface area (Å²) in [5, 5.41) is 0.881. The third-order valence-corrected chi connectivity index (χ3v) is 5.64. The van der Waals surface area contributed by atoms with Gasteiger partial charge in [0, 0.05) is 18.1 Å². The molecule has 0 bridgehead atoms. The second kappa shape index (κ2) is 9.58. The van der Waals surface area contributed by atoms with E-state index in [9.17, 15) is 9.18 Å². The Hall–Kier alpha value is -4.45. The molecular formula is C28H22FN3O2. The Bertz CT molecular complexity index is 1400. The monoisotopic (exact) mass is 451 g/mol. The van der Waals surface area contributed by atoms with Crippen LogP contribution in [0.2, 0.25) is 0 Å². The molecule has 3 aromatic carbocycles. The van der Waals surface area contributed by atoms with Crippen molar-refractivity contribution in [3.8, 4) is 5.75 Å².